The summed E-state index contributed by atoms with van der Waals surface area (Å²) in [6.07, 6.45) is 3.78. The highest BCUT2D eigenvalue weighted by molar-refractivity contribution is 7.89. The van der Waals surface area contributed by atoms with E-state index in [9.17, 15) is 12.8 Å². The molecule has 1 fully saturated rings. The second-order valence-corrected chi connectivity index (χ2v) is 10.4. The molecule has 180 valence electrons. The number of morpholine rings is 1. The monoisotopic (exact) mass is 488 g/mol. The molecule has 3 aromatic rings. The fraction of sp³-hybridized carbons (Fsp3) is 0.455. The van der Waals surface area contributed by atoms with Crippen molar-refractivity contribution in [1.29, 1.82) is 0 Å². The van der Waals surface area contributed by atoms with E-state index in [-0.39, 0.29) is 23.4 Å². The number of sulfonamides is 1. The number of ether oxygens (including phenoxy) is 2. The number of likely N-dealkylation sites (N-methyl/N-ethyl adjacent to an activating group) is 1. The lowest BCUT2D eigenvalue weighted by Gasteiger charge is -2.40. The zero-order valence-electron chi connectivity index (χ0n) is 18.7. The zero-order chi connectivity index (χ0) is 23.4. The predicted molar refractivity (Wildman–Crippen MR) is 122 cm³/mol. The third kappa shape index (κ3) is 3.23. The van der Waals surface area contributed by atoms with Crippen LogP contribution in [0.5, 0.6) is 5.75 Å². The fourth-order valence-electron chi connectivity index (χ4n) is 5.05. The van der Waals surface area contributed by atoms with Crippen molar-refractivity contribution >= 4 is 27.2 Å². The SMILES string of the molecule is CCN1C[C@H]2COCCN2c2cnc(NCc3c(F)ccc4c3CCO4)n3cnc(c23)S1(=O)=O. The Morgan fingerprint density at radius 1 is 1.26 bits per heavy atom. The largest absolute Gasteiger partial charge is 0.493 e. The van der Waals surface area contributed by atoms with Crippen LogP contribution in [0, 0.1) is 5.82 Å². The average molecular weight is 489 g/mol. The Morgan fingerprint density at radius 3 is 3.00 bits per heavy atom. The molecular formula is C22H25FN6O4S. The summed E-state index contributed by atoms with van der Waals surface area (Å²) in [6, 6.07) is 2.92. The van der Waals surface area contributed by atoms with Gasteiger partial charge in [0.25, 0.3) is 10.0 Å². The maximum Gasteiger partial charge on any atom is 0.262 e. The molecule has 12 heteroatoms. The van der Waals surface area contributed by atoms with Gasteiger partial charge in [0.2, 0.25) is 5.95 Å². The van der Waals surface area contributed by atoms with Crippen LogP contribution in [-0.2, 0) is 27.7 Å². The Balaban J connectivity index is 1.45. The molecule has 5 heterocycles. The summed E-state index contributed by atoms with van der Waals surface area (Å²) < 4.78 is 55.9. The van der Waals surface area contributed by atoms with Crippen LogP contribution in [0.2, 0.25) is 0 Å². The molecule has 10 nitrogen and oxygen atoms in total. The number of nitrogens with one attached hydrogen (secondary N) is 1. The first-order valence-corrected chi connectivity index (χ1v) is 12.8. The quantitative estimate of drug-likeness (QED) is 0.592. The predicted octanol–water partition coefficient (Wildman–Crippen LogP) is 1.64. The highest BCUT2D eigenvalue weighted by atomic mass is 32.2. The smallest absolute Gasteiger partial charge is 0.262 e. The van der Waals surface area contributed by atoms with Gasteiger partial charge in [-0.2, -0.15) is 4.31 Å². The van der Waals surface area contributed by atoms with Crippen LogP contribution < -0.4 is 15.0 Å². The maximum absolute atomic E-state index is 14.6. The van der Waals surface area contributed by atoms with Crippen molar-refractivity contribution in [3.63, 3.8) is 0 Å². The molecule has 0 bridgehead atoms. The molecule has 0 saturated carbocycles. The van der Waals surface area contributed by atoms with Crippen LogP contribution >= 0.6 is 0 Å². The Morgan fingerprint density at radius 2 is 2.15 bits per heavy atom. The Labute approximate surface area is 196 Å². The van der Waals surface area contributed by atoms with Gasteiger partial charge in [-0.3, -0.25) is 4.40 Å². The van der Waals surface area contributed by atoms with Gasteiger partial charge in [0.05, 0.1) is 37.7 Å². The van der Waals surface area contributed by atoms with Crippen LogP contribution in [0.4, 0.5) is 16.0 Å². The van der Waals surface area contributed by atoms with E-state index in [0.717, 1.165) is 5.56 Å². The molecule has 1 atom stereocenters. The number of fused-ring (bicyclic) bond motifs is 3. The Hall–Kier alpha value is -2.96. The first-order valence-electron chi connectivity index (χ1n) is 11.4. The average Bonchev–Trinajstić information content (AvgIpc) is 3.49. The van der Waals surface area contributed by atoms with Crippen molar-refractivity contribution in [3.05, 3.63) is 41.6 Å². The molecule has 0 radical (unpaired) electrons. The lowest BCUT2D eigenvalue weighted by atomic mass is 10.0. The topological polar surface area (TPSA) is 101 Å². The number of aromatic nitrogens is 3. The lowest BCUT2D eigenvalue weighted by molar-refractivity contribution is 0.0881. The van der Waals surface area contributed by atoms with Gasteiger partial charge in [-0.15, -0.1) is 0 Å². The zero-order valence-corrected chi connectivity index (χ0v) is 19.5. The van der Waals surface area contributed by atoms with Gasteiger partial charge in [0.15, 0.2) is 5.03 Å². The summed E-state index contributed by atoms with van der Waals surface area (Å²) in [5, 5.41) is 3.19. The van der Waals surface area contributed by atoms with E-state index in [1.165, 1.54) is 16.7 Å². The molecule has 0 spiro atoms. The molecule has 3 aliphatic heterocycles. The Kier molecular flexibility index (Phi) is 5.12. The van der Waals surface area contributed by atoms with Crippen molar-refractivity contribution in [2.24, 2.45) is 0 Å². The van der Waals surface area contributed by atoms with Crippen molar-refractivity contribution in [2.45, 2.75) is 31.0 Å². The molecular weight excluding hydrogens is 463 g/mol. The standard InChI is InChI=1S/C22H25FN6O4S/c1-2-27-11-14-12-32-8-6-28(14)18-10-25-22(29-13-26-21(20(18)29)34(27,30)31)24-9-16-15-5-7-33-19(15)4-3-17(16)23/h3-4,10,13-14H,2,5-9,11-12H2,1H3,(H,24,25)/t14-/m0/s1. The molecule has 0 aliphatic carbocycles. The first kappa shape index (κ1) is 21.6. The van der Waals surface area contributed by atoms with E-state index in [2.05, 4.69) is 20.2 Å². The molecule has 6 rings (SSSR count). The van der Waals surface area contributed by atoms with E-state index in [4.69, 9.17) is 9.47 Å². The minimum atomic E-state index is -3.82. The van der Waals surface area contributed by atoms with Gasteiger partial charge >= 0.3 is 0 Å². The first-order chi connectivity index (χ1) is 16.5. The molecule has 2 aromatic heterocycles. The van der Waals surface area contributed by atoms with Gasteiger partial charge < -0.3 is 19.7 Å². The molecule has 0 amide bonds. The van der Waals surface area contributed by atoms with Gasteiger partial charge in [-0.1, -0.05) is 6.92 Å². The highest BCUT2D eigenvalue weighted by Crippen LogP contribution is 2.35. The van der Waals surface area contributed by atoms with Gasteiger partial charge in [-0.25, -0.2) is 22.8 Å². The second-order valence-electron chi connectivity index (χ2n) is 8.57. The van der Waals surface area contributed by atoms with E-state index in [0.29, 0.717) is 74.3 Å². The summed E-state index contributed by atoms with van der Waals surface area (Å²) in [4.78, 5) is 11.0. The van der Waals surface area contributed by atoms with Gasteiger partial charge in [0.1, 0.15) is 23.4 Å². The molecule has 0 unspecified atom stereocenters. The summed E-state index contributed by atoms with van der Waals surface area (Å²) in [6.45, 7) is 4.78. The fourth-order valence-corrected chi connectivity index (χ4v) is 6.63. The number of benzene rings is 1. The molecule has 1 aromatic carbocycles. The van der Waals surface area contributed by atoms with E-state index in [1.54, 1.807) is 16.7 Å². The van der Waals surface area contributed by atoms with Crippen LogP contribution in [0.15, 0.2) is 29.7 Å². The van der Waals surface area contributed by atoms with Gasteiger partial charge in [0, 0.05) is 43.7 Å². The van der Waals surface area contributed by atoms with Crippen molar-refractivity contribution in [3.8, 4) is 5.75 Å². The van der Waals surface area contributed by atoms with Crippen LogP contribution in [0.25, 0.3) is 5.52 Å². The molecule has 1 N–H and O–H groups in total. The molecule has 34 heavy (non-hydrogen) atoms. The minimum absolute atomic E-state index is 0.0000693. The number of hydrogen-bond donors (Lipinski definition) is 1. The van der Waals surface area contributed by atoms with Crippen LogP contribution in [0.3, 0.4) is 0 Å². The number of anilines is 2. The molecule has 1 saturated heterocycles. The second kappa shape index (κ2) is 8.07. The normalized spacial score (nSPS) is 21.5. The van der Waals surface area contributed by atoms with Crippen molar-refractivity contribution in [1.82, 2.24) is 18.7 Å². The van der Waals surface area contributed by atoms with E-state index >= 15 is 0 Å². The van der Waals surface area contributed by atoms with Crippen molar-refractivity contribution in [2.75, 3.05) is 49.7 Å². The van der Waals surface area contributed by atoms with E-state index in [1.807, 2.05) is 6.92 Å². The summed E-state index contributed by atoms with van der Waals surface area (Å²) >= 11 is 0. The number of imidazole rings is 1. The number of nitrogens with zero attached hydrogens (tertiary/aromatic N) is 5. The van der Waals surface area contributed by atoms with Crippen molar-refractivity contribution < 1.29 is 22.3 Å². The number of hydrogen-bond acceptors (Lipinski definition) is 8. The third-order valence-electron chi connectivity index (χ3n) is 6.77. The number of rotatable bonds is 4. The maximum atomic E-state index is 14.6. The lowest BCUT2D eigenvalue weighted by Crippen LogP contribution is -2.53. The third-order valence-corrected chi connectivity index (χ3v) is 8.64. The molecule has 3 aliphatic rings. The van der Waals surface area contributed by atoms with Gasteiger partial charge in [-0.05, 0) is 12.1 Å². The van der Waals surface area contributed by atoms with Crippen LogP contribution in [0.1, 0.15) is 18.1 Å². The van der Waals surface area contributed by atoms with E-state index < -0.39 is 10.0 Å². The summed E-state index contributed by atoms with van der Waals surface area (Å²) in [5.41, 5.74) is 2.53. The summed E-state index contributed by atoms with van der Waals surface area (Å²) in [5.74, 6) is 0.766. The summed E-state index contributed by atoms with van der Waals surface area (Å²) in [7, 11) is -3.82. The number of halogens is 1. The minimum Gasteiger partial charge on any atom is -0.493 e. The van der Waals surface area contributed by atoms with Crippen LogP contribution in [-0.4, -0.2) is 72.6 Å². The Bertz CT molecular complexity index is 1380. The highest BCUT2D eigenvalue weighted by Gasteiger charge is 2.38.